The van der Waals surface area contributed by atoms with Gasteiger partial charge in [-0.25, -0.2) is 13.2 Å². The number of rotatable bonds is 5. The molecule has 0 spiro atoms. The van der Waals surface area contributed by atoms with Gasteiger partial charge in [0.05, 0.1) is 16.2 Å². The van der Waals surface area contributed by atoms with E-state index in [1.165, 1.54) is 12.1 Å². The van der Waals surface area contributed by atoms with E-state index >= 15 is 0 Å². The van der Waals surface area contributed by atoms with Gasteiger partial charge in [0.1, 0.15) is 5.75 Å². The van der Waals surface area contributed by atoms with Crippen LogP contribution in [-0.2, 0) is 9.84 Å². The summed E-state index contributed by atoms with van der Waals surface area (Å²) in [6.07, 6.45) is 0.538. The number of carbonyl (C=O) groups excluding carboxylic acids is 1. The average molecular weight is 304 g/mol. The highest BCUT2D eigenvalue weighted by molar-refractivity contribution is 7.91. The normalized spacial score (nSPS) is 11.1. The lowest BCUT2D eigenvalue weighted by atomic mass is 10.2. The molecule has 0 aliphatic carbocycles. The van der Waals surface area contributed by atoms with Crippen LogP contribution in [0.1, 0.15) is 23.7 Å². The molecule has 0 aliphatic rings. The SMILES string of the molecule is CCCS(=O)(=O)c1cccc(OC(=O)c2ccccc2)c1. The molecule has 0 fully saturated rings. The molecule has 0 aliphatic heterocycles. The Morgan fingerprint density at radius 1 is 1.05 bits per heavy atom. The van der Waals surface area contributed by atoms with E-state index in [0.29, 0.717) is 12.0 Å². The first-order chi connectivity index (χ1) is 10.0. The standard InChI is InChI=1S/C16H16O4S/c1-2-11-21(18,19)15-10-6-9-14(12-15)20-16(17)13-7-4-3-5-8-13/h3-10,12H,2,11H2,1H3. The lowest BCUT2D eigenvalue weighted by Gasteiger charge is -2.07. The lowest BCUT2D eigenvalue weighted by Crippen LogP contribution is -2.10. The molecular formula is C16H16O4S. The van der Waals surface area contributed by atoms with E-state index in [1.807, 2.05) is 0 Å². The highest BCUT2D eigenvalue weighted by Gasteiger charge is 2.15. The molecule has 0 saturated heterocycles. The van der Waals surface area contributed by atoms with E-state index in [9.17, 15) is 13.2 Å². The van der Waals surface area contributed by atoms with Crippen molar-refractivity contribution in [2.75, 3.05) is 5.75 Å². The Morgan fingerprint density at radius 3 is 2.43 bits per heavy atom. The van der Waals surface area contributed by atoms with Crippen LogP contribution in [0.3, 0.4) is 0 Å². The fraction of sp³-hybridized carbons (Fsp3) is 0.188. The monoisotopic (exact) mass is 304 g/mol. The predicted octanol–water partition coefficient (Wildman–Crippen LogP) is 3.09. The smallest absolute Gasteiger partial charge is 0.343 e. The van der Waals surface area contributed by atoms with Crippen molar-refractivity contribution in [3.8, 4) is 5.75 Å². The van der Waals surface area contributed by atoms with E-state index in [0.717, 1.165) is 0 Å². The average Bonchev–Trinajstić information content (AvgIpc) is 2.48. The third kappa shape index (κ3) is 3.92. The minimum atomic E-state index is -3.32. The van der Waals surface area contributed by atoms with Gasteiger partial charge >= 0.3 is 5.97 Å². The van der Waals surface area contributed by atoms with Crippen molar-refractivity contribution >= 4 is 15.8 Å². The Balaban J connectivity index is 2.21. The number of hydrogen-bond acceptors (Lipinski definition) is 4. The fourth-order valence-electron chi connectivity index (χ4n) is 1.86. The summed E-state index contributed by atoms with van der Waals surface area (Å²) in [5.41, 5.74) is 0.416. The summed E-state index contributed by atoms with van der Waals surface area (Å²) in [5, 5.41) is 0. The van der Waals surface area contributed by atoms with E-state index in [2.05, 4.69) is 0 Å². The molecule has 0 bridgehead atoms. The maximum atomic E-state index is 12.0. The Labute approximate surface area is 124 Å². The van der Waals surface area contributed by atoms with E-state index in [1.54, 1.807) is 49.4 Å². The van der Waals surface area contributed by atoms with Crippen LogP contribution >= 0.6 is 0 Å². The molecule has 0 N–H and O–H groups in total. The molecule has 4 nitrogen and oxygen atoms in total. The molecule has 0 amide bonds. The van der Waals surface area contributed by atoms with E-state index in [4.69, 9.17) is 4.74 Å². The van der Waals surface area contributed by atoms with Crippen LogP contribution in [0.5, 0.6) is 5.75 Å². The Morgan fingerprint density at radius 2 is 1.76 bits per heavy atom. The van der Waals surface area contributed by atoms with Crippen molar-refractivity contribution in [3.05, 3.63) is 60.2 Å². The van der Waals surface area contributed by atoms with Crippen LogP contribution in [0.2, 0.25) is 0 Å². The number of esters is 1. The second-order valence-electron chi connectivity index (χ2n) is 4.55. The van der Waals surface area contributed by atoms with Gasteiger partial charge in [-0.3, -0.25) is 0 Å². The van der Waals surface area contributed by atoms with Crippen molar-refractivity contribution in [2.45, 2.75) is 18.2 Å². The summed E-state index contributed by atoms with van der Waals surface area (Å²) in [5.74, 6) is -0.218. The van der Waals surface area contributed by atoms with Crippen LogP contribution in [-0.4, -0.2) is 20.1 Å². The fourth-order valence-corrected chi connectivity index (χ4v) is 3.21. The van der Waals surface area contributed by atoms with Crippen LogP contribution < -0.4 is 4.74 Å². The van der Waals surface area contributed by atoms with Crippen molar-refractivity contribution < 1.29 is 17.9 Å². The molecule has 0 aromatic heterocycles. The highest BCUT2D eigenvalue weighted by atomic mass is 32.2. The minimum Gasteiger partial charge on any atom is -0.423 e. The highest BCUT2D eigenvalue weighted by Crippen LogP contribution is 2.20. The summed E-state index contributed by atoms with van der Waals surface area (Å²) >= 11 is 0. The molecular weight excluding hydrogens is 288 g/mol. The minimum absolute atomic E-state index is 0.0725. The zero-order valence-electron chi connectivity index (χ0n) is 11.7. The lowest BCUT2D eigenvalue weighted by molar-refractivity contribution is 0.0734. The second kappa shape index (κ2) is 6.54. The first-order valence-electron chi connectivity index (χ1n) is 6.63. The Bertz CT molecular complexity index is 721. The van der Waals surface area contributed by atoms with E-state index in [-0.39, 0.29) is 16.4 Å². The summed E-state index contributed by atoms with van der Waals surface area (Å²) in [6, 6.07) is 14.6. The maximum Gasteiger partial charge on any atom is 0.343 e. The van der Waals surface area contributed by atoms with Crippen molar-refractivity contribution in [2.24, 2.45) is 0 Å². The topological polar surface area (TPSA) is 60.4 Å². The third-order valence-electron chi connectivity index (χ3n) is 2.86. The quantitative estimate of drug-likeness (QED) is 0.629. The zero-order chi connectivity index (χ0) is 15.3. The summed E-state index contributed by atoms with van der Waals surface area (Å²) in [6.45, 7) is 1.80. The molecule has 0 radical (unpaired) electrons. The molecule has 2 aromatic rings. The van der Waals surface area contributed by atoms with Gasteiger partial charge in [-0.05, 0) is 36.8 Å². The van der Waals surface area contributed by atoms with Gasteiger partial charge in [-0.1, -0.05) is 31.2 Å². The first-order valence-corrected chi connectivity index (χ1v) is 8.28. The first kappa shape index (κ1) is 15.3. The largest absolute Gasteiger partial charge is 0.423 e. The van der Waals surface area contributed by atoms with Crippen LogP contribution in [0.4, 0.5) is 0 Å². The number of sulfone groups is 1. The molecule has 110 valence electrons. The number of carbonyl (C=O) groups is 1. The van der Waals surface area contributed by atoms with Gasteiger partial charge in [0, 0.05) is 0 Å². The molecule has 2 aromatic carbocycles. The summed E-state index contributed by atoms with van der Waals surface area (Å²) in [7, 11) is -3.32. The molecule has 5 heteroatoms. The van der Waals surface area contributed by atoms with Gasteiger partial charge in [0.25, 0.3) is 0 Å². The molecule has 2 rings (SSSR count). The van der Waals surface area contributed by atoms with Crippen LogP contribution in [0, 0.1) is 0 Å². The molecule has 0 heterocycles. The molecule has 0 unspecified atom stereocenters. The van der Waals surface area contributed by atoms with Crippen molar-refractivity contribution in [1.29, 1.82) is 0 Å². The number of benzene rings is 2. The van der Waals surface area contributed by atoms with Gasteiger partial charge < -0.3 is 4.74 Å². The van der Waals surface area contributed by atoms with Gasteiger partial charge in [-0.2, -0.15) is 0 Å². The van der Waals surface area contributed by atoms with E-state index < -0.39 is 15.8 Å². The Hall–Kier alpha value is -2.14. The van der Waals surface area contributed by atoms with Gasteiger partial charge in [-0.15, -0.1) is 0 Å². The molecule has 21 heavy (non-hydrogen) atoms. The van der Waals surface area contributed by atoms with Crippen molar-refractivity contribution in [3.63, 3.8) is 0 Å². The molecule has 0 saturated carbocycles. The third-order valence-corrected chi connectivity index (χ3v) is 4.78. The Kier molecular flexibility index (Phi) is 4.75. The molecule has 0 atom stereocenters. The second-order valence-corrected chi connectivity index (χ2v) is 6.66. The van der Waals surface area contributed by atoms with Crippen molar-refractivity contribution in [1.82, 2.24) is 0 Å². The van der Waals surface area contributed by atoms with Gasteiger partial charge in [0.2, 0.25) is 0 Å². The summed E-state index contributed by atoms with van der Waals surface area (Å²) in [4.78, 5) is 12.1. The summed E-state index contributed by atoms with van der Waals surface area (Å²) < 4.78 is 29.2. The number of hydrogen-bond donors (Lipinski definition) is 0. The zero-order valence-corrected chi connectivity index (χ0v) is 12.5. The van der Waals surface area contributed by atoms with Crippen LogP contribution in [0.15, 0.2) is 59.5 Å². The van der Waals surface area contributed by atoms with Gasteiger partial charge in [0.15, 0.2) is 9.84 Å². The number of ether oxygens (including phenoxy) is 1. The predicted molar refractivity (Wildman–Crippen MR) is 80.2 cm³/mol. The maximum absolute atomic E-state index is 12.0. The van der Waals surface area contributed by atoms with Crippen LogP contribution in [0.25, 0.3) is 0 Å².